The maximum absolute atomic E-state index is 13.1. The van der Waals surface area contributed by atoms with Crippen LogP contribution < -0.4 is 10.6 Å². The lowest BCUT2D eigenvalue weighted by Crippen LogP contribution is -2.82. The van der Waals surface area contributed by atoms with Crippen molar-refractivity contribution in [2.24, 2.45) is 11.3 Å². The van der Waals surface area contributed by atoms with Crippen LogP contribution in [0.3, 0.4) is 0 Å². The monoisotopic (exact) mass is 704 g/mol. The summed E-state index contributed by atoms with van der Waals surface area (Å²) in [6.07, 6.45) is 1.90. The fraction of sp³-hybridized carbons (Fsp3) is 0.568. The van der Waals surface area contributed by atoms with Crippen LogP contribution in [0.15, 0.2) is 30.6 Å². The van der Waals surface area contributed by atoms with Gasteiger partial charge in [-0.3, -0.25) is 14.6 Å². The van der Waals surface area contributed by atoms with Crippen LogP contribution in [-0.4, -0.2) is 80.7 Å². The van der Waals surface area contributed by atoms with E-state index in [1.54, 1.807) is 6.07 Å². The van der Waals surface area contributed by atoms with Gasteiger partial charge in [0.25, 0.3) is 0 Å². The zero-order valence-electron chi connectivity index (χ0n) is 28.7. The number of thiophene rings is 1. The van der Waals surface area contributed by atoms with Crippen LogP contribution in [0, 0.1) is 29.6 Å². The molecule has 9 nitrogen and oxygen atoms in total. The summed E-state index contributed by atoms with van der Waals surface area (Å²) in [4.78, 5) is 27.1. The molecule has 1 aromatic carbocycles. The summed E-state index contributed by atoms with van der Waals surface area (Å²) in [7, 11) is 2.04. The second-order valence-electron chi connectivity index (χ2n) is 15.4. The third-order valence-electron chi connectivity index (χ3n) is 12.4. The summed E-state index contributed by atoms with van der Waals surface area (Å²) in [6.45, 7) is 8.75. The Labute approximate surface area is 293 Å². The van der Waals surface area contributed by atoms with Crippen molar-refractivity contribution in [3.05, 3.63) is 52.3 Å². The molecule has 9 rings (SSSR count). The number of rotatable bonds is 9. The van der Waals surface area contributed by atoms with Crippen molar-refractivity contribution in [3.63, 3.8) is 0 Å². The lowest BCUT2D eigenvalue weighted by molar-refractivity contribution is -0.229. The number of carbonyl (C=O) groups is 1. The number of alkyl halides is 3. The SMILES string of the molecule is Cc1c(CN2CCC(Nc3ncnc4sc(CC(F)(F)F)cc34)CC2)ccc2c1cc(C#N)n2CC12CC(NC(=O)C3CCCN3C)(C1)[C@H]2C. The van der Waals surface area contributed by atoms with Gasteiger partial charge >= 0.3 is 6.18 Å². The number of nitrogens with one attached hydrogen (secondary N) is 2. The molecule has 1 unspecified atom stereocenters. The van der Waals surface area contributed by atoms with Crippen molar-refractivity contribution >= 4 is 44.2 Å². The molecule has 5 fully saturated rings. The summed E-state index contributed by atoms with van der Waals surface area (Å²) in [5, 5.41) is 18.8. The van der Waals surface area contributed by atoms with Gasteiger partial charge in [0.15, 0.2) is 0 Å². The molecule has 5 aliphatic rings. The Morgan fingerprint density at radius 3 is 2.58 bits per heavy atom. The second-order valence-corrected chi connectivity index (χ2v) is 16.5. The molecule has 4 aromatic rings. The number of fused-ring (bicyclic) bond motifs is 2. The van der Waals surface area contributed by atoms with Crippen LogP contribution in [0.25, 0.3) is 21.1 Å². The van der Waals surface area contributed by atoms with Crippen LogP contribution in [0.1, 0.15) is 67.1 Å². The van der Waals surface area contributed by atoms with Crippen molar-refractivity contribution in [3.8, 4) is 6.07 Å². The number of aryl methyl sites for hydroxylation is 1. The predicted octanol–water partition coefficient (Wildman–Crippen LogP) is 6.39. The molecule has 2 N–H and O–H groups in total. The molecular formula is C37H43F3N8OS. The number of benzene rings is 1. The molecule has 13 heteroatoms. The van der Waals surface area contributed by atoms with Crippen LogP contribution >= 0.6 is 11.3 Å². The van der Waals surface area contributed by atoms with E-state index in [2.05, 4.69) is 67.0 Å². The number of piperidine rings is 1. The Morgan fingerprint density at radius 2 is 1.90 bits per heavy atom. The molecular weight excluding hydrogens is 662 g/mol. The topological polar surface area (TPSA) is 102 Å². The van der Waals surface area contributed by atoms with E-state index < -0.39 is 12.6 Å². The van der Waals surface area contributed by atoms with Crippen molar-refractivity contribution in [2.75, 3.05) is 32.0 Å². The van der Waals surface area contributed by atoms with Gasteiger partial charge < -0.3 is 15.2 Å². The number of likely N-dealkylation sites (N-methyl/N-ethyl adjacent to an activating group) is 1. The van der Waals surface area contributed by atoms with Crippen LogP contribution in [-0.2, 0) is 24.3 Å². The molecule has 0 radical (unpaired) electrons. The standard InChI is InChI=1S/C37H43F3N8OS/c1-22-24(17-47-11-8-25(9-12-47)44-32-29-14-27(15-37(38,39)40)50-34(29)43-21-42-32)6-7-30-28(22)13-26(16-41)48(30)20-35-18-36(19-35,23(35)2)45-33(49)31-5-4-10-46(31)3/h6-7,13-14,21,23,25,31H,4-5,8-12,15,17-20H2,1-3H3,(H,45,49)(H,42,43,44)/t23-,31?,35?,36?/m0/s1. The summed E-state index contributed by atoms with van der Waals surface area (Å²) < 4.78 is 41.1. The van der Waals surface area contributed by atoms with E-state index in [0.29, 0.717) is 27.6 Å². The highest BCUT2D eigenvalue weighted by atomic mass is 32.1. The molecule has 2 bridgehead atoms. The maximum atomic E-state index is 13.1. The minimum absolute atomic E-state index is 0.0150. The number of amides is 1. The number of aromatic nitrogens is 3. The third kappa shape index (κ3) is 5.73. The highest BCUT2D eigenvalue weighted by Gasteiger charge is 2.74. The van der Waals surface area contributed by atoms with E-state index >= 15 is 0 Å². The molecule has 50 heavy (non-hydrogen) atoms. The van der Waals surface area contributed by atoms with E-state index in [9.17, 15) is 23.2 Å². The average Bonchev–Trinajstić information content (AvgIpc) is 3.78. The zero-order valence-corrected chi connectivity index (χ0v) is 29.6. The fourth-order valence-corrected chi connectivity index (χ4v) is 10.4. The van der Waals surface area contributed by atoms with Crippen LogP contribution in [0.2, 0.25) is 0 Å². The Hall–Kier alpha value is -3.73. The van der Waals surface area contributed by atoms with Gasteiger partial charge in [0, 0.05) is 53.5 Å². The first kappa shape index (κ1) is 33.4. The molecule has 264 valence electrons. The smallest absolute Gasteiger partial charge is 0.367 e. The number of nitriles is 1. The van der Waals surface area contributed by atoms with E-state index in [0.717, 1.165) is 93.5 Å². The predicted molar refractivity (Wildman–Crippen MR) is 188 cm³/mol. The normalized spacial score (nSPS) is 27.3. The Balaban J connectivity index is 0.902. The van der Waals surface area contributed by atoms with Crippen molar-refractivity contribution in [2.45, 2.75) is 95.7 Å². The van der Waals surface area contributed by atoms with E-state index in [1.165, 1.54) is 17.5 Å². The molecule has 2 saturated heterocycles. The van der Waals surface area contributed by atoms with Crippen LogP contribution in [0.4, 0.5) is 19.0 Å². The Morgan fingerprint density at radius 1 is 1.12 bits per heavy atom. The molecule has 1 amide bonds. The van der Waals surface area contributed by atoms with E-state index in [1.807, 2.05) is 13.1 Å². The molecule has 5 heterocycles. The highest BCUT2D eigenvalue weighted by Crippen LogP contribution is 2.72. The van der Waals surface area contributed by atoms with Crippen molar-refractivity contribution in [1.29, 1.82) is 5.26 Å². The van der Waals surface area contributed by atoms with Gasteiger partial charge in [-0.05, 0) is 99.7 Å². The molecule has 3 aliphatic carbocycles. The van der Waals surface area contributed by atoms with Crippen LogP contribution in [0.5, 0.6) is 0 Å². The highest BCUT2D eigenvalue weighted by molar-refractivity contribution is 7.18. The van der Waals surface area contributed by atoms with E-state index in [4.69, 9.17) is 0 Å². The van der Waals surface area contributed by atoms with Crippen molar-refractivity contribution < 1.29 is 18.0 Å². The first-order valence-corrected chi connectivity index (χ1v) is 18.5. The Bertz CT molecular complexity index is 2000. The first-order valence-electron chi connectivity index (χ1n) is 17.7. The average molecular weight is 705 g/mol. The van der Waals surface area contributed by atoms with Gasteiger partial charge in [-0.25, -0.2) is 9.97 Å². The number of likely N-dealkylation sites (tertiary alicyclic amines) is 2. The summed E-state index contributed by atoms with van der Waals surface area (Å²) >= 11 is 1.07. The minimum Gasteiger partial charge on any atom is -0.367 e. The lowest BCUT2D eigenvalue weighted by Gasteiger charge is -2.76. The van der Waals surface area contributed by atoms with Gasteiger partial charge in [-0.1, -0.05) is 13.0 Å². The number of hydrogen-bond acceptors (Lipinski definition) is 8. The molecule has 2 atom stereocenters. The summed E-state index contributed by atoms with van der Waals surface area (Å²) in [6, 6.07) is 10.6. The van der Waals surface area contributed by atoms with Gasteiger partial charge in [0.2, 0.25) is 5.91 Å². The molecule has 3 aromatic heterocycles. The minimum atomic E-state index is -4.26. The lowest BCUT2D eigenvalue weighted by atomic mass is 9.33. The first-order chi connectivity index (χ1) is 23.9. The van der Waals surface area contributed by atoms with Gasteiger partial charge in [0.1, 0.15) is 28.7 Å². The summed E-state index contributed by atoms with van der Waals surface area (Å²) in [5.41, 5.74) is 4.22. The zero-order chi connectivity index (χ0) is 35.0. The quantitative estimate of drug-likeness (QED) is 0.208. The number of carbonyl (C=O) groups excluding carboxylic acids is 1. The Kier molecular flexibility index (Phi) is 8.15. The van der Waals surface area contributed by atoms with Gasteiger partial charge in [-0.15, -0.1) is 11.3 Å². The number of hydrogen-bond donors (Lipinski definition) is 2. The fourth-order valence-electron chi connectivity index (χ4n) is 9.40. The number of halogens is 3. The maximum Gasteiger partial charge on any atom is 0.393 e. The second kappa shape index (κ2) is 12.2. The molecule has 2 aliphatic heterocycles. The number of anilines is 1. The molecule has 3 saturated carbocycles. The van der Waals surface area contributed by atoms with Gasteiger partial charge in [0.05, 0.1) is 17.8 Å². The largest absolute Gasteiger partial charge is 0.393 e. The molecule has 0 spiro atoms. The van der Waals surface area contributed by atoms with Crippen molar-refractivity contribution in [1.82, 2.24) is 29.7 Å². The van der Waals surface area contributed by atoms with E-state index in [-0.39, 0.29) is 33.8 Å². The summed E-state index contributed by atoms with van der Waals surface area (Å²) in [5.74, 6) is 1.14. The number of nitrogens with zero attached hydrogens (tertiary/aromatic N) is 6. The third-order valence-corrected chi connectivity index (χ3v) is 13.5. The van der Waals surface area contributed by atoms with Gasteiger partial charge in [-0.2, -0.15) is 18.4 Å².